The maximum atomic E-state index is 15.0. The number of nitrogens with one attached hydrogen (secondary N) is 1. The quantitative estimate of drug-likeness (QED) is 0.579. The summed E-state index contributed by atoms with van der Waals surface area (Å²) in [5.74, 6) is 0.973. The van der Waals surface area contributed by atoms with Crippen molar-refractivity contribution in [2.45, 2.75) is 44.0 Å². The minimum atomic E-state index is -1.33. The summed E-state index contributed by atoms with van der Waals surface area (Å²) < 4.78 is 27.8. The smallest absolute Gasteiger partial charge is 0.251 e. The van der Waals surface area contributed by atoms with E-state index >= 15 is 4.39 Å². The van der Waals surface area contributed by atoms with Crippen LogP contribution < -0.4 is 20.3 Å². The molecule has 3 aliphatic heterocycles. The number of nitrogens with zero attached hydrogens (tertiary/aromatic N) is 3. The van der Waals surface area contributed by atoms with Crippen LogP contribution in [0.5, 0.6) is 11.5 Å². The number of halogens is 1. The van der Waals surface area contributed by atoms with Crippen molar-refractivity contribution in [3.05, 3.63) is 64.0 Å². The summed E-state index contributed by atoms with van der Waals surface area (Å²) in [7, 11) is 0. The van der Waals surface area contributed by atoms with Gasteiger partial charge in [-0.1, -0.05) is 0 Å². The van der Waals surface area contributed by atoms with Gasteiger partial charge in [0.15, 0.2) is 11.5 Å². The van der Waals surface area contributed by atoms with Gasteiger partial charge in [0, 0.05) is 43.4 Å². The standard InChI is InChI=1S/C26H29FN4O4/c27-20-3-1-17-2-4-23(32)31-10-7-26(33,24(20)25(17)31)16-30-8-5-18(6-9-30)28-14-19-13-21-22(15-29-19)35-12-11-34-21/h1-4,13,15,18,28,33H,5-12,14,16H2. The highest BCUT2D eigenvalue weighted by molar-refractivity contribution is 5.84. The summed E-state index contributed by atoms with van der Waals surface area (Å²) >= 11 is 0. The summed E-state index contributed by atoms with van der Waals surface area (Å²) in [6.07, 6.45) is 3.87. The Kier molecular flexibility index (Phi) is 5.70. The van der Waals surface area contributed by atoms with Crippen molar-refractivity contribution in [2.24, 2.45) is 0 Å². The van der Waals surface area contributed by atoms with Gasteiger partial charge < -0.3 is 29.4 Å². The third-order valence-electron chi connectivity index (χ3n) is 7.45. The molecule has 0 saturated carbocycles. The lowest BCUT2D eigenvalue weighted by molar-refractivity contribution is -0.0236. The van der Waals surface area contributed by atoms with Crippen molar-refractivity contribution < 1.29 is 19.0 Å². The van der Waals surface area contributed by atoms with E-state index in [2.05, 4.69) is 15.2 Å². The van der Waals surface area contributed by atoms with E-state index in [1.165, 1.54) is 12.1 Å². The van der Waals surface area contributed by atoms with E-state index in [1.54, 1.807) is 22.9 Å². The van der Waals surface area contributed by atoms with Gasteiger partial charge in [-0.25, -0.2) is 4.39 Å². The number of pyridine rings is 2. The van der Waals surface area contributed by atoms with Crippen LogP contribution in [0.3, 0.4) is 0 Å². The highest BCUT2D eigenvalue weighted by Gasteiger charge is 2.40. The minimum absolute atomic E-state index is 0.161. The Hall–Kier alpha value is -3.01. The lowest BCUT2D eigenvalue weighted by atomic mass is 9.84. The summed E-state index contributed by atoms with van der Waals surface area (Å²) in [5, 5.41) is 16.0. The summed E-state index contributed by atoms with van der Waals surface area (Å²) in [4.78, 5) is 19.0. The first-order chi connectivity index (χ1) is 17.0. The average molecular weight is 481 g/mol. The molecule has 3 aliphatic rings. The van der Waals surface area contributed by atoms with E-state index < -0.39 is 11.4 Å². The Morgan fingerprint density at radius 2 is 1.89 bits per heavy atom. The molecular formula is C26H29FN4O4. The number of benzene rings is 1. The fourth-order valence-electron chi connectivity index (χ4n) is 5.61. The lowest BCUT2D eigenvalue weighted by Crippen LogP contribution is -2.50. The number of rotatable bonds is 5. The van der Waals surface area contributed by atoms with Crippen molar-refractivity contribution in [1.82, 2.24) is 19.8 Å². The predicted octanol–water partition coefficient (Wildman–Crippen LogP) is 2.15. The number of hydrogen-bond acceptors (Lipinski definition) is 7. The molecule has 8 nitrogen and oxygen atoms in total. The summed E-state index contributed by atoms with van der Waals surface area (Å²) in [6, 6.07) is 8.53. The van der Waals surface area contributed by atoms with Crippen LogP contribution in [0.1, 0.15) is 30.5 Å². The van der Waals surface area contributed by atoms with Gasteiger partial charge in [-0.15, -0.1) is 0 Å². The number of aryl methyl sites for hydroxylation is 1. The van der Waals surface area contributed by atoms with Gasteiger partial charge >= 0.3 is 0 Å². The summed E-state index contributed by atoms with van der Waals surface area (Å²) in [5.41, 5.74) is 0.197. The van der Waals surface area contributed by atoms with Crippen LogP contribution in [0.25, 0.3) is 10.9 Å². The van der Waals surface area contributed by atoms with Crippen LogP contribution in [0.2, 0.25) is 0 Å². The molecular weight excluding hydrogens is 451 g/mol. The van der Waals surface area contributed by atoms with Crippen LogP contribution in [0.4, 0.5) is 4.39 Å². The van der Waals surface area contributed by atoms with E-state index in [0.29, 0.717) is 56.6 Å². The second-order valence-electron chi connectivity index (χ2n) is 9.72. The summed E-state index contributed by atoms with van der Waals surface area (Å²) in [6.45, 7) is 4.07. The second kappa shape index (κ2) is 8.89. The van der Waals surface area contributed by atoms with Gasteiger partial charge in [-0.2, -0.15) is 0 Å². The monoisotopic (exact) mass is 480 g/mol. The van der Waals surface area contributed by atoms with Crippen molar-refractivity contribution in [2.75, 3.05) is 32.8 Å². The molecule has 2 aromatic heterocycles. The highest BCUT2D eigenvalue weighted by atomic mass is 19.1. The molecule has 0 bridgehead atoms. The largest absolute Gasteiger partial charge is 0.486 e. The molecule has 1 fully saturated rings. The van der Waals surface area contributed by atoms with Crippen molar-refractivity contribution >= 4 is 10.9 Å². The van der Waals surface area contributed by atoms with E-state index in [0.717, 1.165) is 42.8 Å². The van der Waals surface area contributed by atoms with Crippen LogP contribution in [-0.4, -0.2) is 58.4 Å². The number of hydrogen-bond donors (Lipinski definition) is 2. The Morgan fingerprint density at radius 3 is 2.71 bits per heavy atom. The van der Waals surface area contributed by atoms with Crippen LogP contribution in [-0.2, 0) is 18.7 Å². The molecule has 1 atom stereocenters. The molecule has 0 aliphatic carbocycles. The van der Waals surface area contributed by atoms with Crippen molar-refractivity contribution in [3.8, 4) is 11.5 Å². The zero-order valence-electron chi connectivity index (χ0n) is 19.5. The first-order valence-electron chi connectivity index (χ1n) is 12.3. The third kappa shape index (κ3) is 4.17. The highest BCUT2D eigenvalue weighted by Crippen LogP contribution is 2.38. The number of β-amino-alcohol motifs (C(OH)–C–C–N with tert-alkyl or cyclic N) is 1. The van der Waals surface area contributed by atoms with E-state index in [1.807, 2.05) is 6.07 Å². The normalized spacial score (nSPS) is 22.5. The predicted molar refractivity (Wildman–Crippen MR) is 128 cm³/mol. The second-order valence-corrected chi connectivity index (χ2v) is 9.72. The zero-order valence-corrected chi connectivity index (χ0v) is 19.5. The van der Waals surface area contributed by atoms with Gasteiger partial charge in [-0.3, -0.25) is 9.78 Å². The molecule has 3 aromatic rings. The Balaban J connectivity index is 1.11. The minimum Gasteiger partial charge on any atom is -0.486 e. The van der Waals surface area contributed by atoms with Gasteiger partial charge in [0.25, 0.3) is 5.56 Å². The van der Waals surface area contributed by atoms with Crippen LogP contribution in [0.15, 0.2) is 41.3 Å². The molecule has 1 saturated heterocycles. The van der Waals surface area contributed by atoms with Gasteiger partial charge in [-0.05, 0) is 55.9 Å². The van der Waals surface area contributed by atoms with Crippen molar-refractivity contribution in [3.63, 3.8) is 0 Å². The van der Waals surface area contributed by atoms with E-state index in [4.69, 9.17) is 9.47 Å². The molecule has 1 unspecified atom stereocenters. The van der Waals surface area contributed by atoms with Gasteiger partial charge in [0.05, 0.1) is 17.4 Å². The number of ether oxygens (including phenoxy) is 2. The number of likely N-dealkylation sites (tertiary alicyclic amines) is 1. The molecule has 9 heteroatoms. The first kappa shape index (κ1) is 22.5. The molecule has 6 rings (SSSR count). The fraction of sp³-hybridized carbons (Fsp3) is 0.462. The topological polar surface area (TPSA) is 88.9 Å². The SMILES string of the molecule is O=c1ccc2ccc(F)c3c2n1CCC3(O)CN1CCC(NCc2cc3c(cn2)OCCO3)CC1. The molecule has 35 heavy (non-hydrogen) atoms. The average Bonchev–Trinajstić information content (AvgIpc) is 2.87. The molecule has 0 amide bonds. The Labute approximate surface area is 202 Å². The Bertz CT molecular complexity index is 1320. The number of fused-ring (bicyclic) bond motifs is 1. The Morgan fingerprint density at radius 1 is 1.11 bits per heavy atom. The van der Waals surface area contributed by atoms with Gasteiger partial charge in [0.2, 0.25) is 0 Å². The third-order valence-corrected chi connectivity index (χ3v) is 7.45. The van der Waals surface area contributed by atoms with Crippen LogP contribution in [0, 0.1) is 5.82 Å². The molecule has 0 spiro atoms. The first-order valence-corrected chi connectivity index (χ1v) is 12.3. The molecule has 0 radical (unpaired) electrons. The number of aliphatic hydroxyl groups is 1. The van der Waals surface area contributed by atoms with Crippen LogP contribution >= 0.6 is 0 Å². The fourth-order valence-corrected chi connectivity index (χ4v) is 5.61. The van der Waals surface area contributed by atoms with Gasteiger partial charge in [0.1, 0.15) is 24.6 Å². The number of aromatic nitrogens is 2. The lowest BCUT2D eigenvalue weighted by Gasteiger charge is -2.41. The molecule has 1 aromatic carbocycles. The molecule has 184 valence electrons. The molecule has 5 heterocycles. The van der Waals surface area contributed by atoms with E-state index in [9.17, 15) is 9.90 Å². The maximum absolute atomic E-state index is 15.0. The maximum Gasteiger partial charge on any atom is 0.251 e. The zero-order chi connectivity index (χ0) is 24.0. The van der Waals surface area contributed by atoms with Crippen molar-refractivity contribution in [1.29, 1.82) is 0 Å². The van der Waals surface area contributed by atoms with E-state index in [-0.39, 0.29) is 11.1 Å². The molecule has 2 N–H and O–H groups in total. The number of piperidine rings is 1.